The SMILES string of the molecule is CCN(CCc1ccccc1)C(=O)[C@@H]1CCCN1. The minimum absolute atomic E-state index is 0.0562. The van der Waals surface area contributed by atoms with Crippen molar-refractivity contribution >= 4 is 5.91 Å². The number of likely N-dealkylation sites (N-methyl/N-ethyl adjacent to an activating group) is 1. The third-order valence-electron chi connectivity index (χ3n) is 3.57. The van der Waals surface area contributed by atoms with E-state index in [2.05, 4.69) is 24.4 Å². The Morgan fingerprint density at radius 2 is 2.17 bits per heavy atom. The van der Waals surface area contributed by atoms with Crippen LogP contribution in [0.1, 0.15) is 25.3 Å². The van der Waals surface area contributed by atoms with Crippen molar-refractivity contribution in [3.63, 3.8) is 0 Å². The molecule has 1 saturated heterocycles. The van der Waals surface area contributed by atoms with Gasteiger partial charge in [0.25, 0.3) is 0 Å². The summed E-state index contributed by atoms with van der Waals surface area (Å²) < 4.78 is 0. The Morgan fingerprint density at radius 3 is 2.78 bits per heavy atom. The molecule has 1 fully saturated rings. The summed E-state index contributed by atoms with van der Waals surface area (Å²) in [5.41, 5.74) is 1.29. The maximum Gasteiger partial charge on any atom is 0.239 e. The molecule has 2 rings (SSSR count). The molecule has 0 spiro atoms. The van der Waals surface area contributed by atoms with Crippen molar-refractivity contribution in [1.82, 2.24) is 10.2 Å². The third kappa shape index (κ3) is 3.33. The van der Waals surface area contributed by atoms with Crippen LogP contribution < -0.4 is 5.32 Å². The predicted octanol–water partition coefficient (Wildman–Crippen LogP) is 1.83. The summed E-state index contributed by atoms with van der Waals surface area (Å²) in [5.74, 6) is 0.269. The average Bonchev–Trinajstić information content (AvgIpc) is 2.94. The van der Waals surface area contributed by atoms with E-state index in [0.29, 0.717) is 0 Å². The second kappa shape index (κ2) is 6.55. The van der Waals surface area contributed by atoms with Gasteiger partial charge in [-0.05, 0) is 38.3 Å². The molecule has 98 valence electrons. The number of hydrogen-bond donors (Lipinski definition) is 1. The largest absolute Gasteiger partial charge is 0.341 e. The highest BCUT2D eigenvalue weighted by Crippen LogP contribution is 2.09. The molecule has 0 bridgehead atoms. The maximum absolute atomic E-state index is 12.3. The van der Waals surface area contributed by atoms with Crippen LogP contribution in [0.15, 0.2) is 30.3 Å². The van der Waals surface area contributed by atoms with Crippen molar-refractivity contribution in [3.05, 3.63) is 35.9 Å². The molecule has 0 unspecified atom stereocenters. The normalized spacial score (nSPS) is 18.8. The summed E-state index contributed by atoms with van der Waals surface area (Å²) in [6.45, 7) is 4.64. The second-order valence-corrected chi connectivity index (χ2v) is 4.80. The molecular formula is C15H22N2O. The van der Waals surface area contributed by atoms with Crippen LogP contribution in [0.5, 0.6) is 0 Å². The molecule has 0 radical (unpaired) electrons. The molecule has 1 aromatic carbocycles. The molecular weight excluding hydrogens is 224 g/mol. The van der Waals surface area contributed by atoms with Gasteiger partial charge in [0, 0.05) is 13.1 Å². The van der Waals surface area contributed by atoms with Crippen LogP contribution in [-0.2, 0) is 11.2 Å². The summed E-state index contributed by atoms with van der Waals surface area (Å²) in [4.78, 5) is 14.2. The standard InChI is InChI=1S/C15H22N2O/c1-2-17(15(18)14-9-6-11-16-14)12-10-13-7-4-3-5-8-13/h3-5,7-8,14,16H,2,6,9-12H2,1H3/t14-/m0/s1. The first-order valence-electron chi connectivity index (χ1n) is 6.87. The van der Waals surface area contributed by atoms with Crippen molar-refractivity contribution in [2.24, 2.45) is 0 Å². The second-order valence-electron chi connectivity index (χ2n) is 4.80. The average molecular weight is 246 g/mol. The van der Waals surface area contributed by atoms with Gasteiger partial charge in [-0.25, -0.2) is 0 Å². The Bertz CT molecular complexity index is 371. The number of nitrogens with one attached hydrogen (secondary N) is 1. The molecule has 0 aliphatic carbocycles. The molecule has 0 saturated carbocycles. The van der Waals surface area contributed by atoms with E-state index in [-0.39, 0.29) is 11.9 Å². The molecule has 1 aliphatic heterocycles. The molecule has 1 amide bonds. The zero-order chi connectivity index (χ0) is 12.8. The third-order valence-corrected chi connectivity index (χ3v) is 3.57. The molecule has 1 heterocycles. The van der Waals surface area contributed by atoms with E-state index in [1.807, 2.05) is 23.1 Å². The van der Waals surface area contributed by atoms with Crippen LogP contribution in [0.4, 0.5) is 0 Å². The van der Waals surface area contributed by atoms with E-state index in [0.717, 1.165) is 38.9 Å². The van der Waals surface area contributed by atoms with E-state index in [9.17, 15) is 4.79 Å². The van der Waals surface area contributed by atoms with Gasteiger partial charge in [-0.2, -0.15) is 0 Å². The Labute approximate surface area is 109 Å². The van der Waals surface area contributed by atoms with Gasteiger partial charge in [-0.15, -0.1) is 0 Å². The number of carbonyl (C=O) groups is 1. The van der Waals surface area contributed by atoms with Crippen molar-refractivity contribution in [2.45, 2.75) is 32.2 Å². The Kier molecular flexibility index (Phi) is 4.76. The van der Waals surface area contributed by atoms with Gasteiger partial charge in [-0.1, -0.05) is 30.3 Å². The van der Waals surface area contributed by atoms with Gasteiger partial charge in [-0.3, -0.25) is 4.79 Å². The van der Waals surface area contributed by atoms with Crippen LogP contribution in [0.25, 0.3) is 0 Å². The van der Waals surface area contributed by atoms with Gasteiger partial charge < -0.3 is 10.2 Å². The summed E-state index contributed by atoms with van der Waals surface area (Å²) in [7, 11) is 0. The van der Waals surface area contributed by atoms with Crippen LogP contribution in [-0.4, -0.2) is 36.5 Å². The zero-order valence-electron chi connectivity index (χ0n) is 11.1. The minimum Gasteiger partial charge on any atom is -0.341 e. The number of carbonyl (C=O) groups excluding carboxylic acids is 1. The molecule has 3 heteroatoms. The lowest BCUT2D eigenvalue weighted by molar-refractivity contribution is -0.132. The molecule has 18 heavy (non-hydrogen) atoms. The van der Waals surface area contributed by atoms with Gasteiger partial charge in [0.2, 0.25) is 5.91 Å². The predicted molar refractivity (Wildman–Crippen MR) is 73.4 cm³/mol. The number of nitrogens with zero attached hydrogens (tertiary/aromatic N) is 1. The van der Waals surface area contributed by atoms with E-state index in [1.165, 1.54) is 5.56 Å². The Balaban J connectivity index is 1.87. The van der Waals surface area contributed by atoms with E-state index < -0.39 is 0 Å². The summed E-state index contributed by atoms with van der Waals surface area (Å²) in [6, 6.07) is 10.4. The zero-order valence-corrected chi connectivity index (χ0v) is 11.1. The highest BCUT2D eigenvalue weighted by molar-refractivity contribution is 5.82. The summed E-state index contributed by atoms with van der Waals surface area (Å²) in [6.07, 6.45) is 3.04. The lowest BCUT2D eigenvalue weighted by Gasteiger charge is -2.24. The molecule has 1 aliphatic rings. The number of hydrogen-bond acceptors (Lipinski definition) is 2. The van der Waals surface area contributed by atoms with E-state index in [1.54, 1.807) is 0 Å². The Morgan fingerprint density at radius 1 is 1.39 bits per heavy atom. The van der Waals surface area contributed by atoms with Gasteiger partial charge in [0.1, 0.15) is 0 Å². The van der Waals surface area contributed by atoms with Crippen molar-refractivity contribution in [3.8, 4) is 0 Å². The van der Waals surface area contributed by atoms with Crippen LogP contribution in [0.2, 0.25) is 0 Å². The smallest absolute Gasteiger partial charge is 0.239 e. The first-order chi connectivity index (χ1) is 8.81. The molecule has 0 aromatic heterocycles. The molecule has 1 atom stereocenters. The topological polar surface area (TPSA) is 32.3 Å². The summed E-state index contributed by atoms with van der Waals surface area (Å²) >= 11 is 0. The Hall–Kier alpha value is -1.35. The van der Waals surface area contributed by atoms with Crippen molar-refractivity contribution in [2.75, 3.05) is 19.6 Å². The lowest BCUT2D eigenvalue weighted by atomic mass is 10.1. The van der Waals surface area contributed by atoms with E-state index >= 15 is 0 Å². The van der Waals surface area contributed by atoms with Gasteiger partial charge in [0.05, 0.1) is 6.04 Å². The highest BCUT2D eigenvalue weighted by Gasteiger charge is 2.25. The number of benzene rings is 1. The van der Waals surface area contributed by atoms with E-state index in [4.69, 9.17) is 0 Å². The maximum atomic E-state index is 12.3. The number of amides is 1. The monoisotopic (exact) mass is 246 g/mol. The fourth-order valence-corrected chi connectivity index (χ4v) is 2.45. The molecule has 3 nitrogen and oxygen atoms in total. The van der Waals surface area contributed by atoms with Crippen molar-refractivity contribution < 1.29 is 4.79 Å². The highest BCUT2D eigenvalue weighted by atomic mass is 16.2. The fourth-order valence-electron chi connectivity index (χ4n) is 2.45. The van der Waals surface area contributed by atoms with Crippen molar-refractivity contribution in [1.29, 1.82) is 0 Å². The minimum atomic E-state index is 0.0562. The first kappa shape index (κ1) is 13.1. The quantitative estimate of drug-likeness (QED) is 0.859. The lowest BCUT2D eigenvalue weighted by Crippen LogP contribution is -2.44. The van der Waals surface area contributed by atoms with Gasteiger partial charge >= 0.3 is 0 Å². The van der Waals surface area contributed by atoms with Crippen LogP contribution >= 0.6 is 0 Å². The van der Waals surface area contributed by atoms with Crippen LogP contribution in [0.3, 0.4) is 0 Å². The summed E-state index contributed by atoms with van der Waals surface area (Å²) in [5, 5.41) is 3.28. The first-order valence-corrected chi connectivity index (χ1v) is 6.87. The molecule has 1 N–H and O–H groups in total. The fraction of sp³-hybridized carbons (Fsp3) is 0.533. The number of rotatable bonds is 5. The molecule has 1 aromatic rings. The van der Waals surface area contributed by atoms with Gasteiger partial charge in [0.15, 0.2) is 0 Å². The van der Waals surface area contributed by atoms with Crippen LogP contribution in [0, 0.1) is 0 Å².